The molecule has 2 aromatic rings. The molecule has 4 heteroatoms. The van der Waals surface area contributed by atoms with E-state index in [0.29, 0.717) is 24.4 Å². The molecule has 0 bridgehead atoms. The van der Waals surface area contributed by atoms with Crippen LogP contribution in [0.5, 0.6) is 5.88 Å². The van der Waals surface area contributed by atoms with Gasteiger partial charge in [0.2, 0.25) is 5.88 Å². The van der Waals surface area contributed by atoms with Crippen LogP contribution >= 0.6 is 11.6 Å². The Hall–Kier alpha value is -1.74. The van der Waals surface area contributed by atoms with E-state index in [9.17, 15) is 0 Å². The third kappa shape index (κ3) is 3.30. The molecular weight excluding hydrogens is 284 g/mol. The maximum Gasteiger partial charge on any atom is 0.237 e. The Morgan fingerprint density at radius 1 is 1.29 bits per heavy atom. The fourth-order valence-corrected chi connectivity index (χ4v) is 2.94. The molecule has 1 aliphatic carbocycles. The van der Waals surface area contributed by atoms with Gasteiger partial charge >= 0.3 is 0 Å². The molecule has 1 N–H and O–H groups in total. The van der Waals surface area contributed by atoms with Crippen LogP contribution in [0.3, 0.4) is 0 Å². The lowest BCUT2D eigenvalue weighted by molar-refractivity contribution is 0.325. The highest BCUT2D eigenvalue weighted by molar-refractivity contribution is 6.30. The van der Waals surface area contributed by atoms with Gasteiger partial charge in [0.05, 0.1) is 12.3 Å². The minimum Gasteiger partial charge on any atom is -0.476 e. The average Bonchev–Trinajstić information content (AvgIpc) is 2.44. The SMILES string of the molecule is CCOc1ncccc1NC1CC(c2cccc(Cl)c2)C1. The number of hydrogen-bond donors (Lipinski definition) is 1. The third-order valence-corrected chi connectivity index (χ3v) is 4.11. The van der Waals surface area contributed by atoms with Crippen molar-refractivity contribution in [3.63, 3.8) is 0 Å². The second-order valence-electron chi connectivity index (χ2n) is 5.35. The number of ether oxygens (including phenoxy) is 1. The fraction of sp³-hybridized carbons (Fsp3) is 0.353. The highest BCUT2D eigenvalue weighted by Gasteiger charge is 2.30. The van der Waals surface area contributed by atoms with Crippen molar-refractivity contribution in [2.45, 2.75) is 31.7 Å². The molecule has 3 rings (SSSR count). The number of hydrogen-bond acceptors (Lipinski definition) is 3. The van der Waals surface area contributed by atoms with Crippen LogP contribution in [0.25, 0.3) is 0 Å². The van der Waals surface area contributed by atoms with Gasteiger partial charge in [-0.15, -0.1) is 0 Å². The van der Waals surface area contributed by atoms with Gasteiger partial charge in [-0.1, -0.05) is 23.7 Å². The van der Waals surface area contributed by atoms with E-state index in [4.69, 9.17) is 16.3 Å². The molecule has 0 atom stereocenters. The van der Waals surface area contributed by atoms with Crippen molar-refractivity contribution >= 4 is 17.3 Å². The quantitative estimate of drug-likeness (QED) is 0.883. The number of nitrogens with one attached hydrogen (secondary N) is 1. The van der Waals surface area contributed by atoms with Crippen molar-refractivity contribution in [2.24, 2.45) is 0 Å². The smallest absolute Gasteiger partial charge is 0.237 e. The lowest BCUT2D eigenvalue weighted by atomic mass is 9.76. The van der Waals surface area contributed by atoms with Crippen molar-refractivity contribution in [3.8, 4) is 5.88 Å². The van der Waals surface area contributed by atoms with E-state index in [-0.39, 0.29) is 0 Å². The summed E-state index contributed by atoms with van der Waals surface area (Å²) in [5, 5.41) is 4.34. The van der Waals surface area contributed by atoms with Gasteiger partial charge in [-0.3, -0.25) is 0 Å². The third-order valence-electron chi connectivity index (χ3n) is 3.87. The maximum absolute atomic E-state index is 6.05. The lowest BCUT2D eigenvalue weighted by Crippen LogP contribution is -2.34. The molecule has 1 heterocycles. The lowest BCUT2D eigenvalue weighted by Gasteiger charge is -2.37. The standard InChI is InChI=1S/C17H19ClN2O/c1-2-21-17-16(7-4-8-19-17)20-15-10-13(11-15)12-5-3-6-14(18)9-12/h3-9,13,15,20H,2,10-11H2,1H3. The van der Waals surface area contributed by atoms with Crippen molar-refractivity contribution in [1.29, 1.82) is 0 Å². The number of nitrogens with zero attached hydrogens (tertiary/aromatic N) is 1. The predicted octanol–water partition coefficient (Wildman–Crippen LogP) is 4.49. The van der Waals surface area contributed by atoms with E-state index < -0.39 is 0 Å². The molecule has 110 valence electrons. The number of aromatic nitrogens is 1. The van der Waals surface area contributed by atoms with Crippen molar-refractivity contribution < 1.29 is 4.74 Å². The summed E-state index contributed by atoms with van der Waals surface area (Å²) in [7, 11) is 0. The van der Waals surface area contributed by atoms with Gasteiger partial charge in [0.25, 0.3) is 0 Å². The van der Waals surface area contributed by atoms with Crippen LogP contribution in [0, 0.1) is 0 Å². The topological polar surface area (TPSA) is 34.1 Å². The minimum atomic E-state index is 0.470. The van der Waals surface area contributed by atoms with Gasteiger partial charge in [0, 0.05) is 17.3 Å². The molecule has 0 saturated heterocycles. The summed E-state index contributed by atoms with van der Waals surface area (Å²) >= 11 is 6.05. The van der Waals surface area contributed by atoms with E-state index in [2.05, 4.69) is 22.4 Å². The van der Waals surface area contributed by atoms with Crippen LogP contribution in [0.15, 0.2) is 42.6 Å². The number of halogens is 1. The van der Waals surface area contributed by atoms with Gasteiger partial charge in [-0.25, -0.2) is 4.98 Å². The Labute approximate surface area is 130 Å². The highest BCUT2D eigenvalue weighted by atomic mass is 35.5. The predicted molar refractivity (Wildman–Crippen MR) is 86.2 cm³/mol. The van der Waals surface area contributed by atoms with Crippen molar-refractivity contribution in [1.82, 2.24) is 4.98 Å². The first kappa shape index (κ1) is 14.2. The van der Waals surface area contributed by atoms with Crippen LogP contribution in [-0.4, -0.2) is 17.6 Å². The Kier molecular flexibility index (Phi) is 4.30. The number of anilines is 1. The first-order valence-corrected chi connectivity index (χ1v) is 7.74. The number of pyridine rings is 1. The van der Waals surface area contributed by atoms with E-state index in [1.54, 1.807) is 6.20 Å². The molecule has 0 unspecified atom stereocenters. The van der Waals surface area contributed by atoms with Gasteiger partial charge in [0.15, 0.2) is 0 Å². The molecule has 1 fully saturated rings. The summed E-state index contributed by atoms with van der Waals surface area (Å²) in [5.41, 5.74) is 2.31. The van der Waals surface area contributed by atoms with Crippen LogP contribution < -0.4 is 10.1 Å². The zero-order valence-corrected chi connectivity index (χ0v) is 12.8. The van der Waals surface area contributed by atoms with Crippen LogP contribution in [0.1, 0.15) is 31.2 Å². The molecule has 0 spiro atoms. The summed E-state index contributed by atoms with van der Waals surface area (Å²) in [6.45, 7) is 2.60. The fourth-order valence-electron chi connectivity index (χ4n) is 2.74. The molecule has 0 radical (unpaired) electrons. The molecule has 1 aromatic heterocycles. The summed E-state index contributed by atoms with van der Waals surface area (Å²) in [5.74, 6) is 1.28. The maximum atomic E-state index is 6.05. The molecular formula is C17H19ClN2O. The van der Waals surface area contributed by atoms with E-state index in [0.717, 1.165) is 23.6 Å². The molecule has 3 nitrogen and oxygen atoms in total. The Balaban J connectivity index is 1.60. The van der Waals surface area contributed by atoms with Crippen LogP contribution in [0.2, 0.25) is 5.02 Å². The van der Waals surface area contributed by atoms with Crippen molar-refractivity contribution in [3.05, 3.63) is 53.2 Å². The normalized spacial score (nSPS) is 20.7. The van der Waals surface area contributed by atoms with E-state index in [1.165, 1.54) is 5.56 Å². The number of benzene rings is 1. The van der Waals surface area contributed by atoms with Gasteiger partial charge in [-0.05, 0) is 55.5 Å². The second kappa shape index (κ2) is 6.35. The molecule has 1 aliphatic rings. The summed E-state index contributed by atoms with van der Waals surface area (Å²) in [4.78, 5) is 4.27. The molecule has 0 aliphatic heterocycles. The van der Waals surface area contributed by atoms with E-state index >= 15 is 0 Å². The largest absolute Gasteiger partial charge is 0.476 e. The van der Waals surface area contributed by atoms with Gasteiger partial charge in [0.1, 0.15) is 0 Å². The zero-order chi connectivity index (χ0) is 14.7. The van der Waals surface area contributed by atoms with E-state index in [1.807, 2.05) is 31.2 Å². The first-order valence-electron chi connectivity index (χ1n) is 7.36. The first-order chi connectivity index (χ1) is 10.3. The van der Waals surface area contributed by atoms with Crippen molar-refractivity contribution in [2.75, 3.05) is 11.9 Å². The minimum absolute atomic E-state index is 0.470. The Morgan fingerprint density at radius 2 is 2.14 bits per heavy atom. The van der Waals surface area contributed by atoms with Crippen LogP contribution in [-0.2, 0) is 0 Å². The molecule has 1 aromatic carbocycles. The van der Waals surface area contributed by atoms with Gasteiger partial charge in [-0.2, -0.15) is 0 Å². The summed E-state index contributed by atoms with van der Waals surface area (Å²) < 4.78 is 5.54. The van der Waals surface area contributed by atoms with Crippen LogP contribution in [0.4, 0.5) is 5.69 Å². The molecule has 1 saturated carbocycles. The zero-order valence-electron chi connectivity index (χ0n) is 12.1. The summed E-state index contributed by atoms with van der Waals surface area (Å²) in [6.07, 6.45) is 3.98. The molecule has 0 amide bonds. The Morgan fingerprint density at radius 3 is 2.90 bits per heavy atom. The Bertz CT molecular complexity index is 611. The monoisotopic (exact) mass is 302 g/mol. The average molecular weight is 303 g/mol. The van der Waals surface area contributed by atoms with Gasteiger partial charge < -0.3 is 10.1 Å². The highest BCUT2D eigenvalue weighted by Crippen LogP contribution is 2.40. The molecule has 21 heavy (non-hydrogen) atoms. The number of rotatable bonds is 5. The summed E-state index contributed by atoms with van der Waals surface area (Å²) in [6, 6.07) is 12.6. The second-order valence-corrected chi connectivity index (χ2v) is 5.79.